The van der Waals surface area contributed by atoms with Gasteiger partial charge in [0.05, 0.1) is 24.2 Å². The van der Waals surface area contributed by atoms with Gasteiger partial charge in [0.1, 0.15) is 5.75 Å². The number of aromatic nitrogens is 3. The topological polar surface area (TPSA) is 56.6 Å². The van der Waals surface area contributed by atoms with Gasteiger partial charge in [0.15, 0.2) is 0 Å². The number of aryl methyl sites for hydroxylation is 1. The number of rotatable bonds is 8. The van der Waals surface area contributed by atoms with Crippen LogP contribution >= 0.6 is 0 Å². The standard InChI is InChI=1S/C21H27N3O/c1-4-5-6-7-9-16-12-17(23-15(16)2)13-20-21(25-3)14-19(24-20)18-10-8-11-22-18/h8,10-14,22-24H,2,4-7,9H2,1,3H3. The van der Waals surface area contributed by atoms with E-state index in [0.29, 0.717) is 0 Å². The first-order valence-electron chi connectivity index (χ1n) is 9.00. The van der Waals surface area contributed by atoms with Gasteiger partial charge in [0, 0.05) is 23.0 Å². The summed E-state index contributed by atoms with van der Waals surface area (Å²) in [7, 11) is 1.69. The third-order valence-corrected chi connectivity index (χ3v) is 4.53. The van der Waals surface area contributed by atoms with Crippen molar-refractivity contribution in [2.75, 3.05) is 7.11 Å². The van der Waals surface area contributed by atoms with E-state index in [9.17, 15) is 0 Å². The molecule has 0 spiro atoms. The van der Waals surface area contributed by atoms with Gasteiger partial charge in [-0.25, -0.2) is 0 Å². The molecule has 0 bridgehead atoms. The van der Waals surface area contributed by atoms with Gasteiger partial charge in [-0.15, -0.1) is 0 Å². The zero-order valence-electron chi connectivity index (χ0n) is 15.1. The summed E-state index contributed by atoms with van der Waals surface area (Å²) in [4.78, 5) is 10.0. The highest BCUT2D eigenvalue weighted by Gasteiger charge is 2.09. The molecule has 0 saturated carbocycles. The van der Waals surface area contributed by atoms with Crippen LogP contribution in [0.4, 0.5) is 0 Å². The smallest absolute Gasteiger partial charge is 0.144 e. The monoisotopic (exact) mass is 337 g/mol. The Labute approximate surface area is 148 Å². The molecular weight excluding hydrogens is 310 g/mol. The highest BCUT2D eigenvalue weighted by molar-refractivity contribution is 5.65. The third-order valence-electron chi connectivity index (χ3n) is 4.53. The van der Waals surface area contributed by atoms with Gasteiger partial charge in [-0.2, -0.15) is 0 Å². The Balaban J connectivity index is 1.84. The largest absolute Gasteiger partial charge is 0.494 e. The fourth-order valence-corrected chi connectivity index (χ4v) is 3.13. The first-order valence-corrected chi connectivity index (χ1v) is 9.00. The number of nitrogens with one attached hydrogen (secondary N) is 3. The molecule has 3 rings (SSSR count). The van der Waals surface area contributed by atoms with Crippen molar-refractivity contribution in [3.63, 3.8) is 0 Å². The number of methoxy groups -OCH3 is 1. The van der Waals surface area contributed by atoms with Crippen LogP contribution in [0.15, 0.2) is 30.5 Å². The van der Waals surface area contributed by atoms with Gasteiger partial charge in [0.25, 0.3) is 0 Å². The lowest BCUT2D eigenvalue weighted by Gasteiger charge is -1.97. The molecule has 3 aromatic rings. The van der Waals surface area contributed by atoms with Crippen molar-refractivity contribution in [3.8, 4) is 17.1 Å². The fraction of sp³-hybridized carbons (Fsp3) is 0.333. The Morgan fingerprint density at radius 2 is 2.00 bits per heavy atom. The number of aromatic amines is 3. The maximum atomic E-state index is 5.52. The van der Waals surface area contributed by atoms with Gasteiger partial charge < -0.3 is 19.7 Å². The lowest BCUT2D eigenvalue weighted by atomic mass is 10.1. The molecule has 3 heterocycles. The predicted molar refractivity (Wildman–Crippen MR) is 104 cm³/mol. The molecule has 0 aliphatic carbocycles. The molecule has 0 fully saturated rings. The Morgan fingerprint density at radius 1 is 1.12 bits per heavy atom. The first kappa shape index (κ1) is 17.2. The predicted octanol–water partition coefficient (Wildman–Crippen LogP) is 3.71. The molecule has 0 unspecified atom stereocenters. The van der Waals surface area contributed by atoms with Crippen molar-refractivity contribution in [2.45, 2.75) is 39.0 Å². The van der Waals surface area contributed by atoms with Crippen LogP contribution in [0.1, 0.15) is 43.9 Å². The maximum Gasteiger partial charge on any atom is 0.144 e. The van der Waals surface area contributed by atoms with Crippen LogP contribution in [-0.2, 0) is 6.42 Å². The summed E-state index contributed by atoms with van der Waals surface area (Å²) >= 11 is 0. The lowest BCUT2D eigenvalue weighted by Crippen LogP contribution is -2.09. The van der Waals surface area contributed by atoms with E-state index in [-0.39, 0.29) is 0 Å². The van der Waals surface area contributed by atoms with Crippen molar-refractivity contribution >= 4 is 12.7 Å². The summed E-state index contributed by atoms with van der Waals surface area (Å²) < 4.78 is 5.52. The molecule has 25 heavy (non-hydrogen) atoms. The maximum absolute atomic E-state index is 5.52. The summed E-state index contributed by atoms with van der Waals surface area (Å²) in [6.45, 7) is 6.39. The van der Waals surface area contributed by atoms with Crippen LogP contribution < -0.4 is 15.4 Å². The first-order chi connectivity index (χ1) is 12.2. The molecule has 132 valence electrons. The van der Waals surface area contributed by atoms with Crippen molar-refractivity contribution in [1.82, 2.24) is 15.0 Å². The van der Waals surface area contributed by atoms with E-state index in [1.54, 1.807) is 7.11 Å². The normalized spacial score (nSPS) is 12.0. The molecule has 0 aromatic carbocycles. The fourth-order valence-electron chi connectivity index (χ4n) is 3.13. The highest BCUT2D eigenvalue weighted by Crippen LogP contribution is 2.26. The van der Waals surface area contributed by atoms with E-state index in [4.69, 9.17) is 4.74 Å². The minimum absolute atomic E-state index is 0.828. The van der Waals surface area contributed by atoms with Crippen LogP contribution in [0, 0.1) is 0 Å². The number of hydrogen-bond acceptors (Lipinski definition) is 1. The minimum atomic E-state index is 0.828. The van der Waals surface area contributed by atoms with E-state index in [2.05, 4.69) is 40.6 Å². The molecule has 0 amide bonds. The second kappa shape index (κ2) is 7.97. The van der Waals surface area contributed by atoms with Crippen LogP contribution in [0.5, 0.6) is 5.75 Å². The Hall–Kier alpha value is -2.62. The number of hydrogen-bond donors (Lipinski definition) is 3. The summed E-state index contributed by atoms with van der Waals surface area (Å²) in [6, 6.07) is 8.23. The van der Waals surface area contributed by atoms with Crippen LogP contribution in [0.2, 0.25) is 0 Å². The van der Waals surface area contributed by atoms with Crippen molar-refractivity contribution in [2.24, 2.45) is 0 Å². The third kappa shape index (κ3) is 4.08. The van der Waals surface area contributed by atoms with Crippen molar-refractivity contribution < 1.29 is 4.74 Å². The average Bonchev–Trinajstić information content (AvgIpc) is 3.32. The molecule has 4 heteroatoms. The zero-order chi connectivity index (χ0) is 17.6. The Bertz CT molecular complexity index is 900. The zero-order valence-corrected chi connectivity index (χ0v) is 15.1. The van der Waals surface area contributed by atoms with E-state index >= 15 is 0 Å². The second-order valence-electron chi connectivity index (χ2n) is 6.43. The minimum Gasteiger partial charge on any atom is -0.494 e. The van der Waals surface area contributed by atoms with Gasteiger partial charge in [-0.1, -0.05) is 32.8 Å². The van der Waals surface area contributed by atoms with Gasteiger partial charge in [-0.05, 0) is 42.7 Å². The van der Waals surface area contributed by atoms with Gasteiger partial charge in [0.2, 0.25) is 0 Å². The summed E-state index contributed by atoms with van der Waals surface area (Å²) in [5, 5.41) is 2.06. The van der Waals surface area contributed by atoms with E-state index in [1.165, 1.54) is 31.2 Å². The number of unbranched alkanes of at least 4 members (excludes halogenated alkanes) is 3. The molecule has 3 aromatic heterocycles. The quantitative estimate of drug-likeness (QED) is 0.539. The van der Waals surface area contributed by atoms with E-state index in [0.717, 1.165) is 40.0 Å². The Morgan fingerprint density at radius 3 is 2.72 bits per heavy atom. The molecule has 0 saturated heterocycles. The molecular formula is C21H27N3O. The Kier molecular flexibility index (Phi) is 5.49. The number of H-pyrrole nitrogens is 3. The second-order valence-corrected chi connectivity index (χ2v) is 6.43. The van der Waals surface area contributed by atoms with Crippen LogP contribution in [0.3, 0.4) is 0 Å². The van der Waals surface area contributed by atoms with Gasteiger partial charge in [-0.3, -0.25) is 0 Å². The van der Waals surface area contributed by atoms with Crippen molar-refractivity contribution in [3.05, 3.63) is 52.4 Å². The lowest BCUT2D eigenvalue weighted by molar-refractivity contribution is 0.414. The molecule has 4 nitrogen and oxygen atoms in total. The molecule has 0 atom stereocenters. The molecule has 3 N–H and O–H groups in total. The van der Waals surface area contributed by atoms with E-state index < -0.39 is 0 Å². The number of ether oxygens (including phenoxy) is 1. The summed E-state index contributed by atoms with van der Waals surface area (Å²) in [5.74, 6) is 0.828. The van der Waals surface area contributed by atoms with E-state index in [1.807, 2.05) is 24.4 Å². The molecule has 0 radical (unpaired) electrons. The molecule has 0 aliphatic heterocycles. The van der Waals surface area contributed by atoms with Crippen LogP contribution in [0.25, 0.3) is 24.0 Å². The summed E-state index contributed by atoms with van der Waals surface area (Å²) in [6.07, 6.45) is 10.1. The highest BCUT2D eigenvalue weighted by atomic mass is 16.5. The average molecular weight is 337 g/mol. The van der Waals surface area contributed by atoms with Gasteiger partial charge >= 0.3 is 0 Å². The molecule has 0 aliphatic rings. The summed E-state index contributed by atoms with van der Waals surface area (Å²) in [5.41, 5.74) is 4.30. The SMILES string of the molecule is C=c1[nH]c(=Cc2[nH]c(-c3ccc[nH]3)cc2OC)cc1CCCCCC. The van der Waals surface area contributed by atoms with Crippen LogP contribution in [-0.4, -0.2) is 22.1 Å². The van der Waals surface area contributed by atoms with Crippen molar-refractivity contribution in [1.29, 1.82) is 0 Å².